The molecule has 0 amide bonds. The molecule has 20 heavy (non-hydrogen) atoms. The minimum absolute atomic E-state index is 0.0642. The lowest BCUT2D eigenvalue weighted by Crippen LogP contribution is -2.39. The first-order valence-electron chi connectivity index (χ1n) is 6.15. The summed E-state index contributed by atoms with van der Waals surface area (Å²) >= 11 is 0. The molecule has 0 aromatic heterocycles. The zero-order valence-corrected chi connectivity index (χ0v) is 11.9. The van der Waals surface area contributed by atoms with Crippen LogP contribution in [-0.4, -0.2) is 40.9 Å². The Hall–Kier alpha value is -1.22. The number of ether oxygens (including phenoxy) is 2. The number of aryl methyl sites for hydroxylation is 1. The third kappa shape index (κ3) is 3.45. The summed E-state index contributed by atoms with van der Waals surface area (Å²) in [5, 5.41) is 0. The van der Waals surface area contributed by atoms with Gasteiger partial charge in [-0.25, -0.2) is 17.5 Å². The molecule has 0 aliphatic carbocycles. The summed E-state index contributed by atoms with van der Waals surface area (Å²) in [6.45, 7) is 2.85. The summed E-state index contributed by atoms with van der Waals surface area (Å²) in [6, 6.07) is 2.34. The number of hydrogen-bond donors (Lipinski definition) is 2. The molecule has 1 fully saturated rings. The first kappa shape index (κ1) is 15.2. The summed E-state index contributed by atoms with van der Waals surface area (Å²) in [4.78, 5) is -0.0642. The molecule has 3 N–H and O–H groups in total. The van der Waals surface area contributed by atoms with Crippen molar-refractivity contribution in [3.63, 3.8) is 0 Å². The summed E-state index contributed by atoms with van der Waals surface area (Å²) in [5.74, 6) is -0.604. The highest BCUT2D eigenvalue weighted by Crippen LogP contribution is 2.20. The van der Waals surface area contributed by atoms with Crippen molar-refractivity contribution in [1.29, 1.82) is 0 Å². The van der Waals surface area contributed by atoms with Crippen LogP contribution in [0.2, 0.25) is 0 Å². The van der Waals surface area contributed by atoms with E-state index in [0.717, 1.165) is 6.07 Å². The van der Waals surface area contributed by atoms with Crippen LogP contribution in [0, 0.1) is 12.7 Å². The molecule has 112 valence electrons. The second kappa shape index (κ2) is 6.04. The maximum atomic E-state index is 13.4. The van der Waals surface area contributed by atoms with Crippen LogP contribution in [0.4, 0.5) is 10.1 Å². The summed E-state index contributed by atoms with van der Waals surface area (Å²) in [5.41, 5.74) is 5.44. The van der Waals surface area contributed by atoms with Crippen LogP contribution < -0.4 is 10.5 Å². The summed E-state index contributed by atoms with van der Waals surface area (Å²) < 4.78 is 50.5. The predicted octanol–water partition coefficient (Wildman–Crippen LogP) is 0.410. The van der Waals surface area contributed by atoms with Gasteiger partial charge < -0.3 is 15.2 Å². The van der Waals surface area contributed by atoms with Gasteiger partial charge in [0.25, 0.3) is 0 Å². The van der Waals surface area contributed by atoms with Gasteiger partial charge in [0.2, 0.25) is 10.0 Å². The van der Waals surface area contributed by atoms with Crippen LogP contribution >= 0.6 is 0 Å². The van der Waals surface area contributed by atoms with E-state index in [-0.39, 0.29) is 28.8 Å². The number of sulfonamides is 1. The molecule has 1 aromatic rings. The van der Waals surface area contributed by atoms with Crippen molar-refractivity contribution in [2.45, 2.75) is 17.9 Å². The Morgan fingerprint density at radius 1 is 1.45 bits per heavy atom. The van der Waals surface area contributed by atoms with Gasteiger partial charge >= 0.3 is 0 Å². The Bertz CT molecular complexity index is 562. The van der Waals surface area contributed by atoms with Gasteiger partial charge in [0.15, 0.2) is 0 Å². The Labute approximate surface area is 117 Å². The van der Waals surface area contributed by atoms with Gasteiger partial charge in [-0.3, -0.25) is 0 Å². The maximum Gasteiger partial charge on any atom is 0.240 e. The Morgan fingerprint density at radius 2 is 2.20 bits per heavy atom. The van der Waals surface area contributed by atoms with Crippen LogP contribution in [0.5, 0.6) is 0 Å². The average Bonchev–Trinajstić information content (AvgIpc) is 2.43. The molecule has 1 aliphatic heterocycles. The molecule has 0 spiro atoms. The van der Waals surface area contributed by atoms with Gasteiger partial charge in [0, 0.05) is 6.54 Å². The minimum Gasteiger partial charge on any atom is -0.396 e. The van der Waals surface area contributed by atoms with Crippen molar-refractivity contribution >= 4 is 15.7 Å². The Morgan fingerprint density at radius 3 is 2.80 bits per heavy atom. The highest BCUT2D eigenvalue weighted by atomic mass is 32.2. The summed E-state index contributed by atoms with van der Waals surface area (Å²) in [7, 11) is -3.75. The Kier molecular flexibility index (Phi) is 4.59. The number of nitrogens with two attached hydrogens (primary N) is 1. The van der Waals surface area contributed by atoms with Crippen molar-refractivity contribution in [1.82, 2.24) is 4.72 Å². The maximum absolute atomic E-state index is 13.4. The van der Waals surface area contributed by atoms with Gasteiger partial charge in [0.1, 0.15) is 5.82 Å². The second-order valence-corrected chi connectivity index (χ2v) is 6.33. The lowest BCUT2D eigenvalue weighted by molar-refractivity contribution is -0.0846. The van der Waals surface area contributed by atoms with Gasteiger partial charge in [0.05, 0.1) is 36.5 Å². The molecule has 0 bridgehead atoms. The fourth-order valence-corrected chi connectivity index (χ4v) is 3.04. The van der Waals surface area contributed by atoms with Gasteiger partial charge in [-0.15, -0.1) is 0 Å². The fraction of sp³-hybridized carbons (Fsp3) is 0.500. The second-order valence-electron chi connectivity index (χ2n) is 4.56. The number of hydrogen-bond acceptors (Lipinski definition) is 5. The molecule has 1 aromatic carbocycles. The van der Waals surface area contributed by atoms with E-state index in [1.54, 1.807) is 0 Å². The smallest absolute Gasteiger partial charge is 0.240 e. The highest BCUT2D eigenvalue weighted by Gasteiger charge is 2.21. The van der Waals surface area contributed by atoms with Crippen LogP contribution in [0.25, 0.3) is 0 Å². The molecule has 1 heterocycles. The van der Waals surface area contributed by atoms with Crippen LogP contribution in [0.3, 0.4) is 0 Å². The minimum atomic E-state index is -3.75. The number of nitrogen functional groups attached to an aromatic ring is 1. The van der Waals surface area contributed by atoms with Crippen molar-refractivity contribution in [3.8, 4) is 0 Å². The average molecular weight is 304 g/mol. The zero-order chi connectivity index (χ0) is 14.8. The normalized spacial score (nSPS) is 20.0. The molecule has 1 saturated heterocycles. The zero-order valence-electron chi connectivity index (χ0n) is 11.1. The summed E-state index contributed by atoms with van der Waals surface area (Å²) in [6.07, 6.45) is -0.322. The molecular formula is C12H17FN2O4S. The van der Waals surface area contributed by atoms with E-state index in [9.17, 15) is 12.8 Å². The molecule has 2 rings (SSSR count). The molecule has 0 radical (unpaired) electrons. The first-order valence-corrected chi connectivity index (χ1v) is 7.63. The first-order chi connectivity index (χ1) is 9.40. The number of anilines is 1. The molecule has 1 aliphatic rings. The predicted molar refractivity (Wildman–Crippen MR) is 71.3 cm³/mol. The molecule has 0 saturated carbocycles. The molecule has 1 unspecified atom stereocenters. The molecule has 8 heteroatoms. The van der Waals surface area contributed by atoms with Crippen molar-refractivity contribution < 1.29 is 22.3 Å². The van der Waals surface area contributed by atoms with Gasteiger partial charge in [-0.2, -0.15) is 0 Å². The number of nitrogens with one attached hydrogen (secondary N) is 1. The van der Waals surface area contributed by atoms with E-state index in [1.807, 2.05) is 0 Å². The van der Waals surface area contributed by atoms with E-state index in [1.165, 1.54) is 13.0 Å². The highest BCUT2D eigenvalue weighted by molar-refractivity contribution is 7.89. The van der Waals surface area contributed by atoms with Crippen LogP contribution in [-0.2, 0) is 19.5 Å². The number of benzene rings is 1. The quantitative estimate of drug-likeness (QED) is 0.786. The lowest BCUT2D eigenvalue weighted by atomic mass is 10.2. The topological polar surface area (TPSA) is 90.7 Å². The number of rotatable bonds is 4. The van der Waals surface area contributed by atoms with E-state index in [4.69, 9.17) is 15.2 Å². The van der Waals surface area contributed by atoms with Gasteiger partial charge in [-0.05, 0) is 24.6 Å². The SMILES string of the molecule is Cc1cc(S(=O)(=O)NCC2COCCO2)cc(N)c1F. The standard InChI is InChI=1S/C12H17FN2O4S/c1-8-4-10(5-11(14)12(8)13)20(16,17)15-6-9-7-18-2-3-19-9/h4-5,9,15H,2-3,6-7,14H2,1H3. The van der Waals surface area contributed by atoms with E-state index >= 15 is 0 Å². The largest absolute Gasteiger partial charge is 0.396 e. The molecule has 1 atom stereocenters. The third-order valence-electron chi connectivity index (χ3n) is 2.95. The van der Waals surface area contributed by atoms with Crippen molar-refractivity contribution in [3.05, 3.63) is 23.5 Å². The molecular weight excluding hydrogens is 287 g/mol. The van der Waals surface area contributed by atoms with Gasteiger partial charge in [-0.1, -0.05) is 0 Å². The monoisotopic (exact) mass is 304 g/mol. The fourth-order valence-electron chi connectivity index (χ4n) is 1.86. The van der Waals surface area contributed by atoms with E-state index in [0.29, 0.717) is 19.8 Å². The molecule has 6 nitrogen and oxygen atoms in total. The number of halogens is 1. The van der Waals surface area contributed by atoms with Crippen molar-refractivity contribution in [2.24, 2.45) is 0 Å². The van der Waals surface area contributed by atoms with E-state index < -0.39 is 15.8 Å². The lowest BCUT2D eigenvalue weighted by Gasteiger charge is -2.23. The Balaban J connectivity index is 2.10. The van der Waals surface area contributed by atoms with Crippen LogP contribution in [0.1, 0.15) is 5.56 Å². The van der Waals surface area contributed by atoms with Crippen LogP contribution in [0.15, 0.2) is 17.0 Å². The van der Waals surface area contributed by atoms with Crippen molar-refractivity contribution in [2.75, 3.05) is 32.1 Å². The van der Waals surface area contributed by atoms with E-state index in [2.05, 4.69) is 4.72 Å². The third-order valence-corrected chi connectivity index (χ3v) is 4.36.